The van der Waals surface area contributed by atoms with Gasteiger partial charge in [-0.25, -0.2) is 0 Å². The van der Waals surface area contributed by atoms with E-state index in [4.69, 9.17) is 5.73 Å². The van der Waals surface area contributed by atoms with Crippen LogP contribution in [0.1, 0.15) is 16.0 Å². The summed E-state index contributed by atoms with van der Waals surface area (Å²) in [5.74, 6) is 0. The standard InChI is InChI=1S/C14H18N2OS/c1-11-4-2-3-5-13(11)14(8-15,9-17)6-12-7-16-10-18-12/h2-5,7,10,17H,6,8-9,15H2,1H3. The Balaban J connectivity index is 2.40. The number of aromatic nitrogens is 1. The van der Waals surface area contributed by atoms with Gasteiger partial charge >= 0.3 is 0 Å². The Hall–Kier alpha value is -1.23. The second-order valence-electron chi connectivity index (χ2n) is 4.60. The third-order valence-corrected chi connectivity index (χ3v) is 4.19. The first-order chi connectivity index (χ1) is 8.72. The van der Waals surface area contributed by atoms with Gasteiger partial charge in [0.2, 0.25) is 0 Å². The quantitative estimate of drug-likeness (QED) is 0.865. The first kappa shape index (κ1) is 13.2. The fraction of sp³-hybridized carbons (Fsp3) is 0.357. The zero-order chi connectivity index (χ0) is 13.0. The second-order valence-corrected chi connectivity index (χ2v) is 5.57. The number of nitrogens with zero attached hydrogens (tertiary/aromatic N) is 1. The van der Waals surface area contributed by atoms with Crippen molar-refractivity contribution in [1.29, 1.82) is 0 Å². The molecule has 0 bridgehead atoms. The maximum absolute atomic E-state index is 9.86. The van der Waals surface area contributed by atoms with E-state index < -0.39 is 5.41 Å². The van der Waals surface area contributed by atoms with Crippen LogP contribution in [0.4, 0.5) is 0 Å². The Kier molecular flexibility index (Phi) is 4.11. The summed E-state index contributed by atoms with van der Waals surface area (Å²) in [5.41, 5.74) is 9.66. The monoisotopic (exact) mass is 262 g/mol. The summed E-state index contributed by atoms with van der Waals surface area (Å²) < 4.78 is 0. The Morgan fingerprint density at radius 3 is 2.72 bits per heavy atom. The Labute approximate surface area is 111 Å². The fourth-order valence-electron chi connectivity index (χ4n) is 2.31. The molecule has 1 aromatic heterocycles. The zero-order valence-corrected chi connectivity index (χ0v) is 11.3. The molecule has 1 heterocycles. The lowest BCUT2D eigenvalue weighted by atomic mass is 9.76. The van der Waals surface area contributed by atoms with E-state index in [-0.39, 0.29) is 6.61 Å². The van der Waals surface area contributed by atoms with Crippen LogP contribution in [0.2, 0.25) is 0 Å². The van der Waals surface area contributed by atoms with Gasteiger partial charge in [-0.1, -0.05) is 24.3 Å². The summed E-state index contributed by atoms with van der Waals surface area (Å²) in [6.07, 6.45) is 2.58. The van der Waals surface area contributed by atoms with E-state index in [9.17, 15) is 5.11 Å². The van der Waals surface area contributed by atoms with Crippen LogP contribution < -0.4 is 5.73 Å². The molecule has 18 heavy (non-hydrogen) atoms. The third-order valence-electron chi connectivity index (χ3n) is 3.41. The van der Waals surface area contributed by atoms with Crippen molar-refractivity contribution in [3.63, 3.8) is 0 Å². The molecule has 0 saturated carbocycles. The SMILES string of the molecule is Cc1ccccc1C(CN)(CO)Cc1cncs1. The number of hydrogen-bond donors (Lipinski definition) is 2. The highest BCUT2D eigenvalue weighted by Crippen LogP contribution is 2.30. The van der Waals surface area contributed by atoms with Crippen LogP contribution in [0.5, 0.6) is 0 Å². The van der Waals surface area contributed by atoms with Gasteiger partial charge in [-0.05, 0) is 24.5 Å². The number of rotatable bonds is 5. The minimum Gasteiger partial charge on any atom is -0.395 e. The molecule has 0 fully saturated rings. The lowest BCUT2D eigenvalue weighted by Gasteiger charge is -2.32. The van der Waals surface area contributed by atoms with Gasteiger partial charge in [-0.3, -0.25) is 4.98 Å². The molecule has 0 radical (unpaired) electrons. The molecule has 0 saturated heterocycles. The van der Waals surface area contributed by atoms with Gasteiger partial charge < -0.3 is 10.8 Å². The highest BCUT2D eigenvalue weighted by atomic mass is 32.1. The van der Waals surface area contributed by atoms with Crippen LogP contribution in [-0.2, 0) is 11.8 Å². The summed E-state index contributed by atoms with van der Waals surface area (Å²) in [5, 5.41) is 9.86. The van der Waals surface area contributed by atoms with E-state index in [1.54, 1.807) is 11.3 Å². The minimum absolute atomic E-state index is 0.0479. The molecule has 4 heteroatoms. The highest BCUT2D eigenvalue weighted by Gasteiger charge is 2.32. The molecule has 2 rings (SSSR count). The molecule has 0 aliphatic heterocycles. The van der Waals surface area contributed by atoms with Crippen molar-refractivity contribution >= 4 is 11.3 Å². The van der Waals surface area contributed by atoms with Crippen molar-refractivity contribution in [2.75, 3.05) is 13.2 Å². The molecule has 0 amide bonds. The molecule has 1 aromatic carbocycles. The third kappa shape index (κ3) is 2.46. The van der Waals surface area contributed by atoms with E-state index in [2.05, 4.69) is 24.0 Å². The molecule has 3 nitrogen and oxygen atoms in total. The normalized spacial score (nSPS) is 14.4. The molecule has 1 atom stereocenters. The van der Waals surface area contributed by atoms with Gasteiger partial charge in [-0.15, -0.1) is 11.3 Å². The average Bonchev–Trinajstić information content (AvgIpc) is 2.90. The van der Waals surface area contributed by atoms with Gasteiger partial charge in [-0.2, -0.15) is 0 Å². The predicted molar refractivity (Wildman–Crippen MR) is 74.8 cm³/mol. The lowest BCUT2D eigenvalue weighted by molar-refractivity contribution is 0.196. The number of aliphatic hydroxyl groups excluding tert-OH is 1. The maximum Gasteiger partial charge on any atom is 0.0794 e. The van der Waals surface area contributed by atoms with Crippen molar-refractivity contribution in [2.45, 2.75) is 18.8 Å². The van der Waals surface area contributed by atoms with Gasteiger partial charge in [0.05, 0.1) is 12.1 Å². The van der Waals surface area contributed by atoms with Crippen molar-refractivity contribution in [1.82, 2.24) is 4.98 Å². The van der Waals surface area contributed by atoms with E-state index in [0.717, 1.165) is 16.9 Å². The number of aliphatic hydroxyl groups is 1. The smallest absolute Gasteiger partial charge is 0.0794 e. The summed E-state index contributed by atoms with van der Waals surface area (Å²) in [4.78, 5) is 5.24. The van der Waals surface area contributed by atoms with Crippen molar-refractivity contribution in [3.05, 3.63) is 52.0 Å². The largest absolute Gasteiger partial charge is 0.395 e. The molecule has 0 aliphatic carbocycles. The number of aryl methyl sites for hydroxylation is 1. The number of hydrogen-bond acceptors (Lipinski definition) is 4. The highest BCUT2D eigenvalue weighted by molar-refractivity contribution is 7.09. The molecule has 96 valence electrons. The first-order valence-electron chi connectivity index (χ1n) is 5.96. The van der Waals surface area contributed by atoms with Gasteiger partial charge in [0.15, 0.2) is 0 Å². The van der Waals surface area contributed by atoms with Crippen molar-refractivity contribution < 1.29 is 5.11 Å². The van der Waals surface area contributed by atoms with Crippen LogP contribution in [-0.4, -0.2) is 23.2 Å². The van der Waals surface area contributed by atoms with Crippen LogP contribution in [0, 0.1) is 6.92 Å². The van der Waals surface area contributed by atoms with Crippen molar-refractivity contribution in [2.24, 2.45) is 5.73 Å². The summed E-state index contributed by atoms with van der Waals surface area (Å²) in [6, 6.07) is 8.11. The number of thiazole rings is 1. The second kappa shape index (κ2) is 5.61. The molecule has 1 unspecified atom stereocenters. The summed E-state index contributed by atoms with van der Waals surface area (Å²) in [6.45, 7) is 2.53. The summed E-state index contributed by atoms with van der Waals surface area (Å²) in [7, 11) is 0. The lowest BCUT2D eigenvalue weighted by Crippen LogP contribution is -2.41. The molecule has 0 aliphatic rings. The van der Waals surface area contributed by atoms with Crippen LogP contribution >= 0.6 is 11.3 Å². The predicted octanol–water partition coefficient (Wildman–Crippen LogP) is 1.88. The van der Waals surface area contributed by atoms with Crippen LogP contribution in [0.25, 0.3) is 0 Å². The van der Waals surface area contributed by atoms with Crippen LogP contribution in [0.15, 0.2) is 36.0 Å². The molecule has 3 N–H and O–H groups in total. The summed E-state index contributed by atoms with van der Waals surface area (Å²) >= 11 is 1.60. The van der Waals surface area contributed by atoms with E-state index >= 15 is 0 Å². The molecular weight excluding hydrogens is 244 g/mol. The topological polar surface area (TPSA) is 59.1 Å². The molecule has 2 aromatic rings. The number of nitrogens with two attached hydrogens (primary N) is 1. The first-order valence-corrected chi connectivity index (χ1v) is 6.84. The molecule has 0 spiro atoms. The van der Waals surface area contributed by atoms with Crippen molar-refractivity contribution in [3.8, 4) is 0 Å². The Bertz CT molecular complexity index is 492. The van der Waals surface area contributed by atoms with Gasteiger partial charge in [0, 0.05) is 23.0 Å². The van der Waals surface area contributed by atoms with Gasteiger partial charge in [0.25, 0.3) is 0 Å². The minimum atomic E-state index is -0.405. The van der Waals surface area contributed by atoms with E-state index in [1.807, 2.05) is 23.8 Å². The fourth-order valence-corrected chi connectivity index (χ4v) is 3.05. The molecular formula is C14H18N2OS. The maximum atomic E-state index is 9.86. The van der Waals surface area contributed by atoms with Gasteiger partial charge in [0.1, 0.15) is 0 Å². The average molecular weight is 262 g/mol. The van der Waals surface area contributed by atoms with E-state index in [0.29, 0.717) is 6.54 Å². The number of benzene rings is 1. The Morgan fingerprint density at radius 1 is 1.39 bits per heavy atom. The zero-order valence-electron chi connectivity index (χ0n) is 10.5. The Morgan fingerprint density at radius 2 is 2.17 bits per heavy atom. The van der Waals surface area contributed by atoms with Crippen LogP contribution in [0.3, 0.4) is 0 Å². The van der Waals surface area contributed by atoms with E-state index in [1.165, 1.54) is 5.56 Å².